The highest BCUT2D eigenvalue weighted by atomic mass is 35.5. The molecule has 9 heteroatoms. The van der Waals surface area contributed by atoms with Crippen molar-refractivity contribution < 1.29 is 19.3 Å². The Balaban J connectivity index is 1.63. The summed E-state index contributed by atoms with van der Waals surface area (Å²) < 4.78 is 17.1. The Morgan fingerprint density at radius 2 is 1.70 bits per heavy atom. The first-order valence-electron chi connectivity index (χ1n) is 10.1. The molecule has 0 fully saturated rings. The molecule has 2 unspecified atom stereocenters. The Hall–Kier alpha value is -2.80. The van der Waals surface area contributed by atoms with Gasteiger partial charge in [0.05, 0.1) is 36.6 Å². The molecule has 0 bridgehead atoms. The molecule has 1 N–H and O–H groups in total. The smallest absolute Gasteiger partial charge is 0.217 e. The van der Waals surface area contributed by atoms with Crippen LogP contribution < -0.4 is 14.2 Å². The minimum absolute atomic E-state index is 0.100. The number of hydrogen-bond acceptors (Lipinski definition) is 6. The first-order valence-corrected chi connectivity index (χ1v) is 11.2. The second-order valence-corrected chi connectivity index (χ2v) is 8.97. The summed E-state index contributed by atoms with van der Waals surface area (Å²) in [5, 5.41) is 18.5. The molecule has 0 saturated heterocycles. The molecule has 5 rings (SSSR count). The van der Waals surface area contributed by atoms with Crippen LogP contribution in [0, 0.1) is 0 Å². The number of aromatic hydroxyl groups is 1. The average molecular weight is 506 g/mol. The van der Waals surface area contributed by atoms with Crippen LogP contribution in [0.5, 0.6) is 23.0 Å². The van der Waals surface area contributed by atoms with Crippen LogP contribution in [0.1, 0.15) is 35.4 Å². The van der Waals surface area contributed by atoms with E-state index in [1.807, 2.05) is 35.3 Å². The lowest BCUT2D eigenvalue weighted by molar-refractivity contribution is -0.0203. The third-order valence-corrected chi connectivity index (χ3v) is 6.53. The number of ether oxygens (including phenoxy) is 3. The largest absolute Gasteiger partial charge is 0.506 e. The molecule has 6 nitrogen and oxygen atoms in total. The minimum Gasteiger partial charge on any atom is -0.506 e. The van der Waals surface area contributed by atoms with Gasteiger partial charge in [0.15, 0.2) is 11.5 Å². The van der Waals surface area contributed by atoms with E-state index in [0.717, 1.165) is 16.8 Å². The fourth-order valence-electron chi connectivity index (χ4n) is 4.23. The van der Waals surface area contributed by atoms with Crippen LogP contribution in [0.25, 0.3) is 0 Å². The molecule has 2 aliphatic heterocycles. The number of phenolic OH excluding ortho intramolecular Hbond substituents is 1. The summed E-state index contributed by atoms with van der Waals surface area (Å²) in [5.41, 5.74) is 3.05. The third-order valence-electron chi connectivity index (χ3n) is 5.79. The van der Waals surface area contributed by atoms with E-state index in [1.54, 1.807) is 26.4 Å². The number of fused-ring (bicyclic) bond motifs is 3. The first kappa shape index (κ1) is 22.0. The zero-order valence-corrected chi connectivity index (χ0v) is 19.9. The van der Waals surface area contributed by atoms with E-state index in [2.05, 4.69) is 0 Å². The summed E-state index contributed by atoms with van der Waals surface area (Å²) in [7, 11) is 3.19. The summed E-state index contributed by atoms with van der Waals surface area (Å²) in [5.74, 6) is 1.80. The predicted octanol–water partition coefficient (Wildman–Crippen LogP) is 6.61. The van der Waals surface area contributed by atoms with E-state index in [0.29, 0.717) is 39.3 Å². The number of rotatable bonds is 4. The minimum atomic E-state index is -0.738. The summed E-state index contributed by atoms with van der Waals surface area (Å²) in [4.78, 5) is 0. The van der Waals surface area contributed by atoms with Crippen LogP contribution in [0.4, 0.5) is 0 Å². The summed E-state index contributed by atoms with van der Waals surface area (Å²) >= 11 is 18.7. The number of halogens is 3. The quantitative estimate of drug-likeness (QED) is 0.432. The van der Waals surface area contributed by atoms with Crippen LogP contribution in [-0.2, 0) is 0 Å². The lowest BCUT2D eigenvalue weighted by Gasteiger charge is -2.38. The van der Waals surface area contributed by atoms with Crippen LogP contribution in [0.3, 0.4) is 0 Å². The molecule has 0 radical (unpaired) electrons. The Kier molecular flexibility index (Phi) is 5.69. The molecule has 170 valence electrons. The maximum Gasteiger partial charge on any atom is 0.217 e. The lowest BCUT2D eigenvalue weighted by Crippen LogP contribution is -2.33. The Labute approximate surface area is 205 Å². The van der Waals surface area contributed by atoms with E-state index >= 15 is 0 Å². The monoisotopic (exact) mass is 504 g/mol. The molecule has 3 aromatic rings. The molecule has 2 atom stereocenters. The topological polar surface area (TPSA) is 63.5 Å². The molecule has 3 aromatic carbocycles. The van der Waals surface area contributed by atoms with Gasteiger partial charge in [-0.15, -0.1) is 0 Å². The number of benzene rings is 3. The second kappa shape index (κ2) is 8.52. The van der Waals surface area contributed by atoms with Gasteiger partial charge in [-0.1, -0.05) is 34.8 Å². The Morgan fingerprint density at radius 1 is 0.939 bits per heavy atom. The van der Waals surface area contributed by atoms with Crippen molar-refractivity contribution in [2.24, 2.45) is 5.10 Å². The number of hydrazone groups is 1. The van der Waals surface area contributed by atoms with Gasteiger partial charge >= 0.3 is 0 Å². The van der Waals surface area contributed by atoms with Crippen LogP contribution >= 0.6 is 34.8 Å². The molecule has 0 amide bonds. The molecule has 0 saturated carbocycles. The van der Waals surface area contributed by atoms with Gasteiger partial charge in [-0.25, -0.2) is 5.01 Å². The van der Waals surface area contributed by atoms with Gasteiger partial charge in [-0.05, 0) is 48.5 Å². The molecule has 0 aliphatic carbocycles. The van der Waals surface area contributed by atoms with Crippen molar-refractivity contribution in [3.8, 4) is 23.0 Å². The van der Waals surface area contributed by atoms with Crippen LogP contribution in [0.15, 0.2) is 53.6 Å². The molecular formula is C24H19Cl3N2O4. The lowest BCUT2D eigenvalue weighted by atomic mass is 9.95. The van der Waals surface area contributed by atoms with Gasteiger partial charge in [-0.2, -0.15) is 5.10 Å². The fourth-order valence-corrected chi connectivity index (χ4v) is 4.92. The molecule has 2 aliphatic rings. The average Bonchev–Trinajstić information content (AvgIpc) is 3.26. The van der Waals surface area contributed by atoms with E-state index in [1.165, 1.54) is 6.07 Å². The van der Waals surface area contributed by atoms with Crippen molar-refractivity contribution in [3.05, 3.63) is 80.3 Å². The Bertz CT molecular complexity index is 1280. The zero-order chi connectivity index (χ0) is 23.3. The maximum absolute atomic E-state index is 10.7. The highest BCUT2D eigenvalue weighted by molar-refractivity contribution is 6.35. The van der Waals surface area contributed by atoms with Crippen LogP contribution in [-0.4, -0.2) is 30.0 Å². The maximum atomic E-state index is 10.7. The predicted molar refractivity (Wildman–Crippen MR) is 128 cm³/mol. The van der Waals surface area contributed by atoms with Crippen molar-refractivity contribution in [3.63, 3.8) is 0 Å². The summed E-state index contributed by atoms with van der Waals surface area (Å²) in [6.07, 6.45) is -0.143. The zero-order valence-electron chi connectivity index (χ0n) is 17.7. The molecule has 0 aromatic heterocycles. The van der Waals surface area contributed by atoms with Crippen molar-refractivity contribution in [1.29, 1.82) is 0 Å². The molecule has 2 heterocycles. The van der Waals surface area contributed by atoms with E-state index in [-0.39, 0.29) is 16.8 Å². The summed E-state index contributed by atoms with van der Waals surface area (Å²) in [6.45, 7) is 0. The van der Waals surface area contributed by atoms with E-state index in [4.69, 9.17) is 54.1 Å². The molecular weight excluding hydrogens is 487 g/mol. The van der Waals surface area contributed by atoms with Crippen molar-refractivity contribution in [2.75, 3.05) is 14.2 Å². The highest BCUT2D eigenvalue weighted by Crippen LogP contribution is 2.50. The van der Waals surface area contributed by atoms with Gasteiger partial charge in [-0.3, -0.25) is 0 Å². The van der Waals surface area contributed by atoms with E-state index < -0.39 is 6.23 Å². The van der Waals surface area contributed by atoms with E-state index in [9.17, 15) is 5.11 Å². The third kappa shape index (κ3) is 3.82. The van der Waals surface area contributed by atoms with Gasteiger partial charge in [0.1, 0.15) is 11.5 Å². The van der Waals surface area contributed by atoms with Crippen molar-refractivity contribution >= 4 is 40.5 Å². The standard InChI is InChI=1S/C24H19Cl3N2O4/c1-31-21-5-3-12(7-22(21)32-2)18-11-19-15-8-13(25)4-6-20(15)33-24(29(19)28-18)16-9-14(26)10-17(27)23(16)30/h3-10,19,24,30H,11H2,1-2H3. The number of phenols is 1. The van der Waals surface area contributed by atoms with Gasteiger partial charge in [0, 0.05) is 27.6 Å². The SMILES string of the molecule is COc1ccc(C2=NN3C(C2)c2cc(Cl)ccc2OC3c2cc(Cl)cc(Cl)c2O)cc1OC. The van der Waals surface area contributed by atoms with Gasteiger partial charge in [0.2, 0.25) is 6.23 Å². The second-order valence-electron chi connectivity index (χ2n) is 7.69. The Morgan fingerprint density at radius 3 is 2.45 bits per heavy atom. The van der Waals surface area contributed by atoms with Gasteiger partial charge < -0.3 is 19.3 Å². The van der Waals surface area contributed by atoms with Gasteiger partial charge in [0.25, 0.3) is 0 Å². The van der Waals surface area contributed by atoms with Crippen LogP contribution in [0.2, 0.25) is 15.1 Å². The summed E-state index contributed by atoms with van der Waals surface area (Å²) in [6, 6.07) is 14.1. The number of nitrogens with zero attached hydrogens (tertiary/aromatic N) is 2. The molecule has 33 heavy (non-hydrogen) atoms. The number of hydrogen-bond donors (Lipinski definition) is 1. The first-order chi connectivity index (χ1) is 15.9. The van der Waals surface area contributed by atoms with Crippen molar-refractivity contribution in [2.45, 2.75) is 18.7 Å². The highest BCUT2D eigenvalue weighted by Gasteiger charge is 2.42. The fraction of sp³-hybridized carbons (Fsp3) is 0.208. The normalized spacial score (nSPS) is 18.8. The van der Waals surface area contributed by atoms with Crippen molar-refractivity contribution in [1.82, 2.24) is 5.01 Å². The number of methoxy groups -OCH3 is 2. The molecule has 0 spiro atoms.